The number of amides is 1. The van der Waals surface area contributed by atoms with Crippen molar-refractivity contribution in [1.29, 1.82) is 0 Å². The Labute approximate surface area is 151 Å². The van der Waals surface area contributed by atoms with E-state index in [4.69, 9.17) is 9.84 Å². The van der Waals surface area contributed by atoms with E-state index in [1.807, 2.05) is 17.0 Å². The minimum atomic E-state index is -1.08. The number of thioether (sulfide) groups is 1. The molecule has 0 atom stereocenters. The first kappa shape index (κ1) is 19.0. The fraction of sp³-hybridized carbons (Fsp3) is 0.467. The van der Waals surface area contributed by atoms with Crippen LogP contribution in [0.4, 0.5) is 10.5 Å². The molecule has 2 heterocycles. The Hall–Kier alpha value is -1.29. The molecule has 2 N–H and O–H groups in total. The van der Waals surface area contributed by atoms with Crippen LogP contribution in [0, 0.1) is 0 Å². The van der Waals surface area contributed by atoms with Crippen LogP contribution in [-0.2, 0) is 11.5 Å². The second-order valence-electron chi connectivity index (χ2n) is 6.56. The van der Waals surface area contributed by atoms with Gasteiger partial charge in [0.05, 0.1) is 16.3 Å². The summed E-state index contributed by atoms with van der Waals surface area (Å²) in [5.74, 6) is 0. The third-order valence-corrected chi connectivity index (χ3v) is 6.60. The van der Waals surface area contributed by atoms with Crippen LogP contribution in [0.15, 0.2) is 22.8 Å². The SMILES string of the molecule is CSc1nc(-c2cc(NC(=O)O)cs2)cn1COCC[Si](C)(C)C. The van der Waals surface area contributed by atoms with Crippen molar-refractivity contribution in [2.45, 2.75) is 37.6 Å². The molecule has 0 spiro atoms. The number of nitrogens with zero attached hydrogens (tertiary/aromatic N) is 2. The van der Waals surface area contributed by atoms with Crippen molar-refractivity contribution in [3.63, 3.8) is 0 Å². The molecule has 0 saturated carbocycles. The molecule has 132 valence electrons. The second kappa shape index (κ2) is 8.19. The normalized spacial score (nSPS) is 11.7. The Morgan fingerprint density at radius 2 is 2.25 bits per heavy atom. The summed E-state index contributed by atoms with van der Waals surface area (Å²) in [6, 6.07) is 2.93. The summed E-state index contributed by atoms with van der Waals surface area (Å²) in [4.78, 5) is 16.2. The monoisotopic (exact) mass is 385 g/mol. The van der Waals surface area contributed by atoms with Crippen molar-refractivity contribution in [2.24, 2.45) is 0 Å². The van der Waals surface area contributed by atoms with Crippen LogP contribution in [0.5, 0.6) is 0 Å². The zero-order valence-corrected chi connectivity index (χ0v) is 17.0. The number of carbonyl (C=O) groups is 1. The highest BCUT2D eigenvalue weighted by atomic mass is 32.2. The van der Waals surface area contributed by atoms with Crippen molar-refractivity contribution in [3.8, 4) is 10.6 Å². The zero-order chi connectivity index (χ0) is 17.7. The van der Waals surface area contributed by atoms with Gasteiger partial charge in [0.15, 0.2) is 5.16 Å². The van der Waals surface area contributed by atoms with Gasteiger partial charge in [-0.05, 0) is 18.4 Å². The standard InChI is InChI=1S/C15H23N3O3S2Si/c1-22-14-17-12(13-7-11(9-23-13)16-15(19)20)8-18(14)10-21-5-6-24(2,3)4/h7-9,16H,5-6,10H2,1-4H3,(H,19,20). The molecule has 24 heavy (non-hydrogen) atoms. The number of thiophene rings is 1. The molecular weight excluding hydrogens is 362 g/mol. The molecule has 0 aliphatic rings. The summed E-state index contributed by atoms with van der Waals surface area (Å²) in [7, 11) is -1.08. The van der Waals surface area contributed by atoms with Crippen molar-refractivity contribution >= 4 is 43.0 Å². The van der Waals surface area contributed by atoms with E-state index in [-0.39, 0.29) is 0 Å². The molecule has 0 unspecified atom stereocenters. The Bertz CT molecular complexity index is 694. The van der Waals surface area contributed by atoms with Crippen LogP contribution < -0.4 is 5.32 Å². The van der Waals surface area contributed by atoms with Crippen molar-refractivity contribution in [2.75, 3.05) is 18.2 Å². The molecule has 0 aliphatic heterocycles. The van der Waals surface area contributed by atoms with Crippen molar-refractivity contribution in [3.05, 3.63) is 17.6 Å². The van der Waals surface area contributed by atoms with E-state index in [1.165, 1.54) is 11.3 Å². The maximum Gasteiger partial charge on any atom is 0.409 e. The lowest BCUT2D eigenvalue weighted by molar-refractivity contribution is 0.0814. The average molecular weight is 386 g/mol. The van der Waals surface area contributed by atoms with Gasteiger partial charge >= 0.3 is 6.09 Å². The van der Waals surface area contributed by atoms with Gasteiger partial charge in [0.1, 0.15) is 6.73 Å². The van der Waals surface area contributed by atoms with Crippen LogP contribution in [-0.4, -0.2) is 41.7 Å². The van der Waals surface area contributed by atoms with E-state index in [0.29, 0.717) is 12.4 Å². The van der Waals surface area contributed by atoms with Crippen molar-refractivity contribution < 1.29 is 14.6 Å². The number of anilines is 1. The third-order valence-electron chi connectivity index (χ3n) is 3.25. The minimum absolute atomic E-state index is 0.485. The lowest BCUT2D eigenvalue weighted by Crippen LogP contribution is -2.22. The highest BCUT2D eigenvalue weighted by Crippen LogP contribution is 2.30. The molecule has 0 aromatic carbocycles. The lowest BCUT2D eigenvalue weighted by atomic mass is 10.3. The summed E-state index contributed by atoms with van der Waals surface area (Å²) in [5.41, 5.74) is 1.39. The molecular formula is C15H23N3O3S2Si. The highest BCUT2D eigenvalue weighted by Gasteiger charge is 2.14. The molecule has 0 aliphatic carbocycles. The number of carboxylic acid groups (broad SMARTS) is 1. The average Bonchev–Trinajstić information content (AvgIpc) is 3.08. The topological polar surface area (TPSA) is 76.4 Å². The molecule has 2 rings (SSSR count). The number of aromatic nitrogens is 2. The van der Waals surface area contributed by atoms with Crippen LogP contribution in [0.2, 0.25) is 25.7 Å². The molecule has 0 radical (unpaired) electrons. The number of nitrogens with one attached hydrogen (secondary N) is 1. The van der Waals surface area contributed by atoms with E-state index in [2.05, 4.69) is 29.9 Å². The number of hydrogen-bond acceptors (Lipinski definition) is 5. The summed E-state index contributed by atoms with van der Waals surface area (Å²) < 4.78 is 7.80. The summed E-state index contributed by atoms with van der Waals surface area (Å²) >= 11 is 3.03. The Kier molecular flexibility index (Phi) is 6.50. The first-order chi connectivity index (χ1) is 11.3. The van der Waals surface area contributed by atoms with Gasteiger partial charge in [-0.2, -0.15) is 0 Å². The fourth-order valence-corrected chi connectivity index (χ4v) is 4.06. The first-order valence-corrected chi connectivity index (χ1v) is 13.4. The third kappa shape index (κ3) is 5.66. The van der Waals surface area contributed by atoms with Gasteiger partial charge in [0, 0.05) is 26.3 Å². The molecule has 6 nitrogen and oxygen atoms in total. The fourth-order valence-electron chi connectivity index (χ4n) is 1.97. The van der Waals surface area contributed by atoms with Gasteiger partial charge < -0.3 is 14.4 Å². The van der Waals surface area contributed by atoms with Gasteiger partial charge in [-0.3, -0.25) is 5.32 Å². The summed E-state index contributed by atoms with van der Waals surface area (Å²) in [5, 5.41) is 13.8. The molecule has 0 bridgehead atoms. The maximum atomic E-state index is 10.7. The van der Waals surface area contributed by atoms with Crippen LogP contribution >= 0.6 is 23.1 Å². The van der Waals surface area contributed by atoms with Gasteiger partial charge in [-0.15, -0.1) is 11.3 Å². The van der Waals surface area contributed by atoms with Gasteiger partial charge in [0.25, 0.3) is 0 Å². The minimum Gasteiger partial charge on any atom is -0.465 e. The number of rotatable bonds is 8. The summed E-state index contributed by atoms with van der Waals surface area (Å²) in [6.45, 7) is 8.25. The van der Waals surface area contributed by atoms with Gasteiger partial charge in [-0.25, -0.2) is 9.78 Å². The number of imidazole rings is 1. The second-order valence-corrected chi connectivity index (χ2v) is 13.9. The molecule has 9 heteroatoms. The van der Waals surface area contributed by atoms with Gasteiger partial charge in [-0.1, -0.05) is 31.4 Å². The van der Waals surface area contributed by atoms with Crippen LogP contribution in [0.3, 0.4) is 0 Å². The number of ether oxygens (including phenoxy) is 1. The Morgan fingerprint density at radius 1 is 1.50 bits per heavy atom. The van der Waals surface area contributed by atoms with Crippen LogP contribution in [0.25, 0.3) is 10.6 Å². The lowest BCUT2D eigenvalue weighted by Gasteiger charge is -2.15. The van der Waals surface area contributed by atoms with E-state index >= 15 is 0 Å². The van der Waals surface area contributed by atoms with E-state index in [1.54, 1.807) is 23.2 Å². The Morgan fingerprint density at radius 3 is 2.88 bits per heavy atom. The molecule has 2 aromatic heterocycles. The van der Waals surface area contributed by atoms with E-state index in [9.17, 15) is 4.79 Å². The van der Waals surface area contributed by atoms with Crippen molar-refractivity contribution in [1.82, 2.24) is 9.55 Å². The van der Waals surface area contributed by atoms with E-state index < -0.39 is 14.2 Å². The smallest absolute Gasteiger partial charge is 0.409 e. The quantitative estimate of drug-likeness (QED) is 0.390. The first-order valence-electron chi connectivity index (χ1n) is 7.56. The zero-order valence-electron chi connectivity index (χ0n) is 14.3. The maximum absolute atomic E-state index is 10.7. The molecule has 0 fully saturated rings. The van der Waals surface area contributed by atoms with Crippen LogP contribution in [0.1, 0.15) is 0 Å². The number of hydrogen-bond donors (Lipinski definition) is 2. The van der Waals surface area contributed by atoms with E-state index in [0.717, 1.165) is 28.4 Å². The predicted molar refractivity (Wildman–Crippen MR) is 103 cm³/mol. The molecule has 2 aromatic rings. The predicted octanol–water partition coefficient (Wildman–Crippen LogP) is 4.74. The largest absolute Gasteiger partial charge is 0.465 e. The summed E-state index contributed by atoms with van der Waals surface area (Å²) in [6.07, 6.45) is 2.87. The molecule has 0 saturated heterocycles. The Balaban J connectivity index is 2.03. The molecule has 1 amide bonds. The van der Waals surface area contributed by atoms with Gasteiger partial charge in [0.2, 0.25) is 0 Å². The highest BCUT2D eigenvalue weighted by molar-refractivity contribution is 7.98.